The van der Waals surface area contributed by atoms with Gasteiger partial charge in [-0.2, -0.15) is 5.10 Å². The molecule has 158 valence electrons. The van der Waals surface area contributed by atoms with Crippen molar-refractivity contribution in [1.82, 2.24) is 24.7 Å². The van der Waals surface area contributed by atoms with Crippen molar-refractivity contribution in [1.29, 1.82) is 0 Å². The Morgan fingerprint density at radius 2 is 1.97 bits per heavy atom. The molecule has 12 heteroatoms. The maximum absolute atomic E-state index is 12.5. The Hall–Kier alpha value is -3.51. The number of nitrogens with zero attached hydrogens (tertiary/aromatic N) is 4. The monoisotopic (exact) mass is 431 g/mol. The number of nitrogens with one attached hydrogen (secondary N) is 2. The lowest BCUT2D eigenvalue weighted by molar-refractivity contribution is 0.0997. The maximum Gasteiger partial charge on any atom is 0.252 e. The number of hydrogen-bond acceptors (Lipinski definition) is 8. The molecule has 11 nitrogen and oxygen atoms in total. The van der Waals surface area contributed by atoms with Gasteiger partial charge in [0.25, 0.3) is 5.91 Å². The van der Waals surface area contributed by atoms with Crippen LogP contribution in [0.4, 0.5) is 5.82 Å². The van der Waals surface area contributed by atoms with E-state index >= 15 is 0 Å². The van der Waals surface area contributed by atoms with E-state index in [0.29, 0.717) is 11.6 Å². The Morgan fingerprint density at radius 3 is 2.57 bits per heavy atom. The second-order valence-electron chi connectivity index (χ2n) is 6.23. The van der Waals surface area contributed by atoms with Gasteiger partial charge in [0, 0.05) is 19.3 Å². The second-order valence-corrected chi connectivity index (χ2v) is 8.00. The number of nitrogens with two attached hydrogens (primary N) is 1. The number of carbonyl (C=O) groups is 1. The number of carbonyl (C=O) groups excluding carboxylic acids is 1. The summed E-state index contributed by atoms with van der Waals surface area (Å²) in [5.74, 6) is 0.481. The summed E-state index contributed by atoms with van der Waals surface area (Å²) in [6.45, 7) is 2.23. The van der Waals surface area contributed by atoms with Gasteiger partial charge in [-0.05, 0) is 43.3 Å². The van der Waals surface area contributed by atoms with Crippen LogP contribution in [0, 0.1) is 6.92 Å². The van der Waals surface area contributed by atoms with E-state index in [1.165, 1.54) is 25.3 Å². The van der Waals surface area contributed by atoms with Gasteiger partial charge in [-0.3, -0.25) is 4.79 Å². The van der Waals surface area contributed by atoms with Gasteiger partial charge in [-0.25, -0.2) is 17.8 Å². The summed E-state index contributed by atoms with van der Waals surface area (Å²) in [7, 11) is -2.47. The van der Waals surface area contributed by atoms with Gasteiger partial charge in [-0.15, -0.1) is 10.2 Å². The van der Waals surface area contributed by atoms with Gasteiger partial charge < -0.3 is 15.8 Å². The number of anilines is 1. The topological polar surface area (TPSA) is 154 Å². The molecule has 0 saturated heterocycles. The third-order valence-electron chi connectivity index (χ3n) is 4.08. The van der Waals surface area contributed by atoms with E-state index in [-0.39, 0.29) is 29.3 Å². The van der Waals surface area contributed by atoms with Crippen LogP contribution in [0.5, 0.6) is 5.75 Å². The lowest BCUT2D eigenvalue weighted by Crippen LogP contribution is -2.29. The van der Waals surface area contributed by atoms with E-state index in [0.717, 1.165) is 5.69 Å². The Kier molecular flexibility index (Phi) is 6.28. The van der Waals surface area contributed by atoms with Crippen LogP contribution in [-0.4, -0.2) is 54.5 Å². The molecule has 1 aromatic carbocycles. The van der Waals surface area contributed by atoms with E-state index in [4.69, 9.17) is 10.5 Å². The first-order valence-electron chi connectivity index (χ1n) is 8.88. The van der Waals surface area contributed by atoms with Crippen LogP contribution in [-0.2, 0) is 10.0 Å². The van der Waals surface area contributed by atoms with Crippen molar-refractivity contribution in [2.24, 2.45) is 5.73 Å². The largest absolute Gasteiger partial charge is 0.496 e. The lowest BCUT2D eigenvalue weighted by Gasteiger charge is -2.11. The number of amides is 1. The van der Waals surface area contributed by atoms with E-state index in [9.17, 15) is 13.2 Å². The molecule has 3 rings (SSSR count). The number of aromatic nitrogens is 4. The molecule has 0 spiro atoms. The summed E-state index contributed by atoms with van der Waals surface area (Å²) in [6.07, 6.45) is 1.78. The number of primary amides is 1. The summed E-state index contributed by atoms with van der Waals surface area (Å²) >= 11 is 0. The minimum atomic E-state index is -3.84. The van der Waals surface area contributed by atoms with Crippen molar-refractivity contribution in [3.63, 3.8) is 0 Å². The van der Waals surface area contributed by atoms with E-state index in [1.54, 1.807) is 23.0 Å². The number of hydrogen-bond donors (Lipinski definition) is 3. The fourth-order valence-corrected chi connectivity index (χ4v) is 3.65. The molecule has 0 fully saturated rings. The predicted octanol–water partition coefficient (Wildman–Crippen LogP) is 0.469. The van der Waals surface area contributed by atoms with E-state index in [2.05, 4.69) is 25.3 Å². The minimum absolute atomic E-state index is 0.0127. The summed E-state index contributed by atoms with van der Waals surface area (Å²) in [5, 5.41) is 15.3. The van der Waals surface area contributed by atoms with Crippen LogP contribution in [0.2, 0.25) is 0 Å². The zero-order chi connectivity index (χ0) is 21.7. The molecule has 0 radical (unpaired) electrons. The Balaban J connectivity index is 1.57. The summed E-state index contributed by atoms with van der Waals surface area (Å²) in [6, 6.07) is 9.21. The van der Waals surface area contributed by atoms with Crippen molar-refractivity contribution >= 4 is 21.7 Å². The van der Waals surface area contributed by atoms with Gasteiger partial charge in [0.15, 0.2) is 5.82 Å². The lowest BCUT2D eigenvalue weighted by atomic mass is 10.2. The number of aryl methyl sites for hydroxylation is 1. The minimum Gasteiger partial charge on any atom is -0.496 e. The molecular formula is C18H21N7O4S. The molecule has 0 aliphatic rings. The number of sulfonamides is 1. The summed E-state index contributed by atoms with van der Waals surface area (Å²) in [4.78, 5) is 11.4. The second kappa shape index (κ2) is 8.88. The van der Waals surface area contributed by atoms with Crippen molar-refractivity contribution < 1.29 is 17.9 Å². The predicted molar refractivity (Wildman–Crippen MR) is 109 cm³/mol. The highest BCUT2D eigenvalue weighted by Crippen LogP contribution is 2.21. The average Bonchev–Trinajstić information content (AvgIpc) is 3.17. The van der Waals surface area contributed by atoms with E-state index < -0.39 is 15.9 Å². The SMILES string of the molecule is COc1ccc(S(=O)(=O)NCCNc2ccc(-n3ccc(C)n3)nn2)cc1C(N)=O. The zero-order valence-corrected chi connectivity index (χ0v) is 17.2. The standard InChI is InChI=1S/C18H21N7O4S/c1-12-7-10-25(24-12)17-6-5-16(22-23-17)20-8-9-21-30(27,28)13-3-4-15(29-2)14(11-13)18(19)26/h3-7,10-11,21H,8-9H2,1-2H3,(H2,19,26)(H,20,22). The van der Waals surface area contributed by atoms with Crippen LogP contribution in [0.25, 0.3) is 5.82 Å². The number of ether oxygens (including phenoxy) is 1. The molecule has 0 bridgehead atoms. The first kappa shape index (κ1) is 21.2. The molecule has 1 amide bonds. The van der Waals surface area contributed by atoms with Crippen molar-refractivity contribution in [3.8, 4) is 11.6 Å². The molecule has 0 unspecified atom stereocenters. The molecule has 0 aliphatic carbocycles. The molecule has 4 N–H and O–H groups in total. The first-order chi connectivity index (χ1) is 14.3. The Morgan fingerprint density at radius 1 is 1.17 bits per heavy atom. The quantitative estimate of drug-likeness (QED) is 0.413. The van der Waals surface area contributed by atoms with Gasteiger partial charge in [0.05, 0.1) is 23.3 Å². The van der Waals surface area contributed by atoms with Crippen LogP contribution in [0.15, 0.2) is 47.5 Å². The van der Waals surface area contributed by atoms with Crippen molar-refractivity contribution in [3.05, 3.63) is 53.9 Å². The van der Waals surface area contributed by atoms with Crippen LogP contribution < -0.4 is 20.5 Å². The molecule has 30 heavy (non-hydrogen) atoms. The van der Waals surface area contributed by atoms with Crippen molar-refractivity contribution in [2.45, 2.75) is 11.8 Å². The van der Waals surface area contributed by atoms with E-state index in [1.807, 2.05) is 13.0 Å². The highest BCUT2D eigenvalue weighted by molar-refractivity contribution is 7.89. The van der Waals surface area contributed by atoms with Gasteiger partial charge >= 0.3 is 0 Å². The highest BCUT2D eigenvalue weighted by atomic mass is 32.2. The van der Waals surface area contributed by atoms with Gasteiger partial charge in [0.1, 0.15) is 11.6 Å². The Bertz CT molecular complexity index is 1140. The number of methoxy groups -OCH3 is 1. The highest BCUT2D eigenvalue weighted by Gasteiger charge is 2.18. The summed E-state index contributed by atoms with van der Waals surface area (Å²) < 4.78 is 34.0. The van der Waals surface area contributed by atoms with Crippen LogP contribution >= 0.6 is 0 Å². The number of rotatable bonds is 9. The fourth-order valence-electron chi connectivity index (χ4n) is 2.59. The molecule has 0 aliphatic heterocycles. The molecular weight excluding hydrogens is 410 g/mol. The third kappa shape index (κ3) is 4.90. The van der Waals surface area contributed by atoms with Gasteiger partial charge in [0.2, 0.25) is 10.0 Å². The summed E-state index contributed by atoms with van der Waals surface area (Å²) in [5.41, 5.74) is 6.13. The normalized spacial score (nSPS) is 11.3. The first-order valence-corrected chi connectivity index (χ1v) is 10.4. The molecule has 2 aromatic heterocycles. The van der Waals surface area contributed by atoms with Crippen molar-refractivity contribution in [2.75, 3.05) is 25.5 Å². The molecule has 0 saturated carbocycles. The Labute approximate surface area is 173 Å². The molecule has 0 atom stereocenters. The number of benzene rings is 1. The van der Waals surface area contributed by atoms with Gasteiger partial charge in [-0.1, -0.05) is 0 Å². The fraction of sp³-hybridized carbons (Fsp3) is 0.222. The molecule has 2 heterocycles. The average molecular weight is 431 g/mol. The zero-order valence-electron chi connectivity index (χ0n) is 16.4. The smallest absolute Gasteiger partial charge is 0.252 e. The molecule has 3 aromatic rings. The third-order valence-corrected chi connectivity index (χ3v) is 5.54. The van der Waals surface area contributed by atoms with Crippen LogP contribution in [0.3, 0.4) is 0 Å². The van der Waals surface area contributed by atoms with Crippen LogP contribution in [0.1, 0.15) is 16.1 Å². The maximum atomic E-state index is 12.5.